The Morgan fingerprint density at radius 3 is 2.20 bits per heavy atom. The van der Waals surface area contributed by atoms with Gasteiger partial charge in [-0.05, 0) is 54.5 Å². The fourth-order valence-electron chi connectivity index (χ4n) is 5.59. The van der Waals surface area contributed by atoms with Gasteiger partial charge in [0.25, 0.3) is 5.91 Å². The van der Waals surface area contributed by atoms with E-state index < -0.39 is 62.5 Å². The number of hydrazone groups is 1. The van der Waals surface area contributed by atoms with Crippen molar-refractivity contribution in [3.8, 4) is 0 Å². The lowest BCUT2D eigenvalue weighted by Crippen LogP contribution is -2.58. The van der Waals surface area contributed by atoms with E-state index in [0.29, 0.717) is 38.3 Å². The van der Waals surface area contributed by atoms with Crippen molar-refractivity contribution in [2.75, 3.05) is 12.3 Å². The van der Waals surface area contributed by atoms with Gasteiger partial charge in [-0.25, -0.2) is 22.6 Å². The Labute approximate surface area is 293 Å². The summed E-state index contributed by atoms with van der Waals surface area (Å²) in [5.41, 5.74) is 4.39. The maximum absolute atomic E-state index is 14.1. The first-order valence-electron chi connectivity index (χ1n) is 16.4. The average Bonchev–Trinajstić information content (AvgIpc) is 3.03. The van der Waals surface area contributed by atoms with Gasteiger partial charge in [0.05, 0.1) is 23.1 Å². The third-order valence-electron chi connectivity index (χ3n) is 8.17. The highest BCUT2D eigenvalue weighted by atomic mass is 35.5. The molecule has 1 heterocycles. The number of carbonyl (C=O) groups excluding carboxylic acids is 3. The molecule has 1 aliphatic heterocycles. The number of hydrogen-bond donors (Lipinski definition) is 5. The normalized spacial score (nSPS) is 15.0. The number of aliphatic hydroxyl groups is 1. The fourth-order valence-corrected chi connectivity index (χ4v) is 7.75. The summed E-state index contributed by atoms with van der Waals surface area (Å²) in [5.74, 6) is -4.52. The van der Waals surface area contributed by atoms with Gasteiger partial charge in [0.2, 0.25) is 11.8 Å². The third-order valence-corrected chi connectivity index (χ3v) is 10.5. The van der Waals surface area contributed by atoms with Crippen LogP contribution < -0.4 is 21.4 Å². The van der Waals surface area contributed by atoms with Gasteiger partial charge in [-0.2, -0.15) is 5.10 Å². The van der Waals surface area contributed by atoms with Crippen molar-refractivity contribution < 1.29 is 36.7 Å². The Morgan fingerprint density at radius 2 is 1.61 bits per heavy atom. The fraction of sp³-hybridized carbons (Fsp3) is 0.529. The van der Waals surface area contributed by atoms with E-state index in [1.54, 1.807) is 0 Å². The Bertz CT molecular complexity index is 1530. The third kappa shape index (κ3) is 13.4. The van der Waals surface area contributed by atoms with Gasteiger partial charge in [0.15, 0.2) is 9.84 Å². The van der Waals surface area contributed by atoms with Crippen LogP contribution in [0.25, 0.3) is 0 Å². The Morgan fingerprint density at radius 1 is 0.959 bits per heavy atom. The zero-order valence-corrected chi connectivity index (χ0v) is 29.8. The number of rotatable bonds is 19. The lowest BCUT2D eigenvalue weighted by Gasteiger charge is -2.28. The van der Waals surface area contributed by atoms with Gasteiger partial charge < -0.3 is 21.1 Å². The number of halogens is 3. The van der Waals surface area contributed by atoms with E-state index in [2.05, 4.69) is 26.5 Å². The number of aryl methyl sites for hydroxylation is 1. The maximum Gasteiger partial charge on any atom is 0.268 e. The van der Waals surface area contributed by atoms with E-state index in [-0.39, 0.29) is 55.4 Å². The maximum atomic E-state index is 14.1. The number of nitrogens with zero attached hydrogens (tertiary/aromatic N) is 1. The molecule has 0 saturated heterocycles. The van der Waals surface area contributed by atoms with Crippen molar-refractivity contribution >= 4 is 45.7 Å². The van der Waals surface area contributed by atoms with Crippen LogP contribution in [0.4, 0.5) is 8.78 Å². The van der Waals surface area contributed by atoms with E-state index in [9.17, 15) is 36.7 Å². The zero-order valence-electron chi connectivity index (χ0n) is 28.1. The van der Waals surface area contributed by atoms with Crippen LogP contribution in [0.1, 0.15) is 76.0 Å². The van der Waals surface area contributed by atoms with Crippen molar-refractivity contribution in [3.63, 3.8) is 0 Å². The van der Waals surface area contributed by atoms with Crippen molar-refractivity contribution in [3.05, 3.63) is 70.8 Å². The topological polar surface area (TPSA) is 166 Å². The molecule has 3 atom stereocenters. The number of carbonyl (C=O) groups is 3. The molecule has 2 aromatic rings. The SMILES string of the molecule is CCCC(CCC)S(=O)(=O)C[C@@H](NC(=O)C1=NNC(=O)CC1)C(=O)N[C@@H](Cc1cc(F)cc(F)c1)[C@H](O)CNCc1cccc(CC)c1.Cl. The lowest BCUT2D eigenvalue weighted by molar-refractivity contribution is -0.127. The molecular weight excluding hydrogens is 680 g/mol. The van der Waals surface area contributed by atoms with E-state index in [4.69, 9.17) is 0 Å². The summed E-state index contributed by atoms with van der Waals surface area (Å²) in [6.07, 6.45) is 1.28. The molecule has 3 amide bonds. The van der Waals surface area contributed by atoms with Crippen molar-refractivity contribution in [2.45, 2.75) is 102 Å². The molecular formula is C34H48ClF2N5O6S. The molecule has 15 heteroatoms. The van der Waals surface area contributed by atoms with Crippen LogP contribution in [0.2, 0.25) is 0 Å². The van der Waals surface area contributed by atoms with Gasteiger partial charge in [0, 0.05) is 32.0 Å². The number of sulfone groups is 1. The molecule has 0 unspecified atom stereocenters. The molecule has 1 aliphatic rings. The highest BCUT2D eigenvalue weighted by molar-refractivity contribution is 7.92. The minimum absolute atomic E-state index is 0. The van der Waals surface area contributed by atoms with Crippen LogP contribution in [-0.2, 0) is 43.6 Å². The highest BCUT2D eigenvalue weighted by Crippen LogP contribution is 2.18. The van der Waals surface area contributed by atoms with Crippen molar-refractivity contribution in [1.82, 2.24) is 21.4 Å². The number of amides is 3. The summed E-state index contributed by atoms with van der Waals surface area (Å²) >= 11 is 0. The Balaban J connectivity index is 0.00000833. The molecule has 49 heavy (non-hydrogen) atoms. The molecule has 0 bridgehead atoms. The molecule has 0 radical (unpaired) electrons. The Kier molecular flexibility index (Phi) is 17.3. The van der Waals surface area contributed by atoms with Crippen molar-refractivity contribution in [2.24, 2.45) is 5.10 Å². The summed E-state index contributed by atoms with van der Waals surface area (Å²) in [5, 5.41) is 22.5. The first kappa shape index (κ1) is 41.7. The highest BCUT2D eigenvalue weighted by Gasteiger charge is 2.35. The van der Waals surface area contributed by atoms with Crippen LogP contribution >= 0.6 is 12.4 Å². The molecule has 5 N–H and O–H groups in total. The molecule has 0 fully saturated rings. The summed E-state index contributed by atoms with van der Waals surface area (Å²) in [7, 11) is -3.91. The number of aliphatic hydroxyl groups excluding tert-OH is 1. The molecule has 11 nitrogen and oxygen atoms in total. The second-order valence-corrected chi connectivity index (χ2v) is 14.4. The standard InChI is InChI=1S/C34H47F2N5O6S.ClH/c1-4-8-27(9-5-2)48(46,47)21-30(39-33(44)28-12-13-32(43)41-40-28)34(45)38-29(17-24-15-25(35)18-26(36)16-24)31(42)20-37-19-23-11-7-10-22(6-3)14-23;/h7,10-11,14-16,18,27,29-31,37,42H,4-6,8-9,12-13,17,19-21H2,1-3H3,(H,38,45)(H,39,44)(H,41,43);1H/t29-,30+,31+;/m0./s1. The monoisotopic (exact) mass is 727 g/mol. The van der Waals surface area contributed by atoms with Gasteiger partial charge in [-0.1, -0.05) is 57.9 Å². The van der Waals surface area contributed by atoms with Gasteiger partial charge in [-0.3, -0.25) is 14.4 Å². The van der Waals surface area contributed by atoms with E-state index >= 15 is 0 Å². The van der Waals surface area contributed by atoms with Gasteiger partial charge in [-0.15, -0.1) is 12.4 Å². The molecule has 0 spiro atoms. The molecule has 0 aliphatic carbocycles. The van der Waals surface area contributed by atoms with E-state index in [0.717, 1.165) is 29.7 Å². The predicted molar refractivity (Wildman–Crippen MR) is 187 cm³/mol. The van der Waals surface area contributed by atoms with Crippen LogP contribution in [0, 0.1) is 11.6 Å². The number of benzene rings is 2. The smallest absolute Gasteiger partial charge is 0.268 e. The van der Waals surface area contributed by atoms with E-state index in [1.807, 2.05) is 45.0 Å². The lowest BCUT2D eigenvalue weighted by atomic mass is 10.00. The van der Waals surface area contributed by atoms with Crippen molar-refractivity contribution in [1.29, 1.82) is 0 Å². The predicted octanol–water partition coefficient (Wildman–Crippen LogP) is 3.26. The second kappa shape index (κ2) is 20.3. The van der Waals surface area contributed by atoms with Crippen LogP contribution in [0.5, 0.6) is 0 Å². The van der Waals surface area contributed by atoms with Crippen LogP contribution in [0.3, 0.4) is 0 Å². The quantitative estimate of drug-likeness (QED) is 0.148. The first-order valence-corrected chi connectivity index (χ1v) is 18.2. The molecule has 2 aromatic carbocycles. The van der Waals surface area contributed by atoms with Gasteiger partial charge in [0.1, 0.15) is 23.4 Å². The Hall–Kier alpha value is -3.46. The molecule has 272 valence electrons. The summed E-state index contributed by atoms with van der Waals surface area (Å²) < 4.78 is 55.3. The summed E-state index contributed by atoms with van der Waals surface area (Å²) in [6, 6.07) is 8.01. The minimum Gasteiger partial charge on any atom is -0.390 e. The summed E-state index contributed by atoms with van der Waals surface area (Å²) in [4.78, 5) is 38.5. The van der Waals surface area contributed by atoms with Crippen LogP contribution in [0.15, 0.2) is 47.6 Å². The molecule has 3 rings (SSSR count). The second-order valence-electron chi connectivity index (χ2n) is 12.1. The average molecular weight is 728 g/mol. The molecule has 0 aromatic heterocycles. The zero-order chi connectivity index (χ0) is 35.3. The largest absolute Gasteiger partial charge is 0.390 e. The number of hydrogen-bond acceptors (Lipinski definition) is 8. The number of nitrogens with one attached hydrogen (secondary N) is 4. The first-order chi connectivity index (χ1) is 22.8. The van der Waals surface area contributed by atoms with Gasteiger partial charge >= 0.3 is 0 Å². The minimum atomic E-state index is -3.91. The van der Waals surface area contributed by atoms with E-state index in [1.165, 1.54) is 0 Å². The molecule has 0 saturated carbocycles. The van der Waals surface area contributed by atoms with Crippen LogP contribution in [-0.4, -0.2) is 72.7 Å². The summed E-state index contributed by atoms with van der Waals surface area (Å²) in [6.45, 7) is 6.12.